The van der Waals surface area contributed by atoms with Crippen LogP contribution in [0.5, 0.6) is 5.75 Å². The Kier molecular flexibility index (Phi) is 3.98. The van der Waals surface area contributed by atoms with Gasteiger partial charge in [-0.25, -0.2) is 4.68 Å². The average Bonchev–Trinajstić information content (AvgIpc) is 3.23. The van der Waals surface area contributed by atoms with Gasteiger partial charge in [0.2, 0.25) is 0 Å². The number of nitrogens with one attached hydrogen (secondary N) is 1. The molecule has 128 valence electrons. The number of tetrazole rings is 1. The minimum absolute atomic E-state index is 0.219. The maximum atomic E-state index is 12.6. The predicted octanol–water partition coefficient (Wildman–Crippen LogP) is 2.47. The molecule has 1 N–H and O–H groups in total. The maximum absolute atomic E-state index is 12.6. The third-order valence-electron chi connectivity index (χ3n) is 3.94. The lowest BCUT2D eigenvalue weighted by Gasteiger charge is -2.11. The smallest absolute Gasteiger partial charge is 0.255 e. The van der Waals surface area contributed by atoms with E-state index in [1.165, 1.54) is 11.0 Å². The molecule has 0 saturated heterocycles. The Morgan fingerprint density at radius 1 is 1.12 bits per heavy atom. The summed E-state index contributed by atoms with van der Waals surface area (Å²) in [4.78, 5) is 16.9. The monoisotopic (exact) mass is 346 g/mol. The van der Waals surface area contributed by atoms with E-state index >= 15 is 0 Å². The van der Waals surface area contributed by atoms with Crippen molar-refractivity contribution in [2.75, 3.05) is 12.4 Å². The van der Waals surface area contributed by atoms with E-state index in [0.717, 1.165) is 11.1 Å². The lowest BCUT2D eigenvalue weighted by molar-refractivity contribution is 0.102. The van der Waals surface area contributed by atoms with Gasteiger partial charge in [-0.1, -0.05) is 0 Å². The summed E-state index contributed by atoms with van der Waals surface area (Å²) in [6.07, 6.45) is 3.18. The molecule has 4 rings (SSSR count). The maximum Gasteiger partial charge on any atom is 0.255 e. The largest absolute Gasteiger partial charge is 0.494 e. The SMILES string of the molecule is COc1ccc(NC(=O)c2ccc(-n3cnnn3)cc2)c2cccnc12. The van der Waals surface area contributed by atoms with Gasteiger partial charge in [0.15, 0.2) is 0 Å². The van der Waals surface area contributed by atoms with Gasteiger partial charge in [-0.15, -0.1) is 5.10 Å². The number of carbonyl (C=O) groups excluding carboxylic acids is 1. The molecule has 0 radical (unpaired) electrons. The molecule has 0 saturated carbocycles. The van der Waals surface area contributed by atoms with Gasteiger partial charge in [-0.3, -0.25) is 9.78 Å². The molecular weight excluding hydrogens is 332 g/mol. The molecule has 0 aliphatic heterocycles. The second kappa shape index (κ2) is 6.60. The molecule has 0 atom stereocenters. The van der Waals surface area contributed by atoms with Crippen LogP contribution in [0.25, 0.3) is 16.6 Å². The summed E-state index contributed by atoms with van der Waals surface area (Å²) in [5.74, 6) is 0.438. The molecule has 2 aromatic heterocycles. The van der Waals surface area contributed by atoms with Gasteiger partial charge in [-0.2, -0.15) is 0 Å². The number of pyridine rings is 1. The van der Waals surface area contributed by atoms with Crippen molar-refractivity contribution in [1.29, 1.82) is 0 Å². The first-order valence-corrected chi connectivity index (χ1v) is 7.83. The van der Waals surface area contributed by atoms with Crippen molar-refractivity contribution < 1.29 is 9.53 Å². The van der Waals surface area contributed by atoms with Gasteiger partial charge >= 0.3 is 0 Å². The standard InChI is InChI=1S/C18H14N6O2/c1-26-16-9-8-15(14-3-2-10-19-17(14)16)21-18(25)12-4-6-13(7-5-12)24-11-20-22-23-24/h2-11H,1H3,(H,21,25). The van der Waals surface area contributed by atoms with Crippen molar-refractivity contribution in [3.8, 4) is 11.4 Å². The lowest BCUT2D eigenvalue weighted by atomic mass is 10.1. The molecule has 1 amide bonds. The highest BCUT2D eigenvalue weighted by Crippen LogP contribution is 2.30. The Morgan fingerprint density at radius 2 is 1.96 bits per heavy atom. The number of nitrogens with zero attached hydrogens (tertiary/aromatic N) is 5. The number of hydrogen-bond acceptors (Lipinski definition) is 6. The number of methoxy groups -OCH3 is 1. The summed E-state index contributed by atoms with van der Waals surface area (Å²) in [6.45, 7) is 0. The Morgan fingerprint density at radius 3 is 2.69 bits per heavy atom. The fraction of sp³-hybridized carbons (Fsp3) is 0.0556. The van der Waals surface area contributed by atoms with Crippen LogP contribution in [0.1, 0.15) is 10.4 Å². The summed E-state index contributed by atoms with van der Waals surface area (Å²) in [7, 11) is 1.59. The Hall–Kier alpha value is -3.81. The van der Waals surface area contributed by atoms with E-state index in [-0.39, 0.29) is 5.91 Å². The topological polar surface area (TPSA) is 94.8 Å². The van der Waals surface area contributed by atoms with Crippen molar-refractivity contribution in [3.63, 3.8) is 0 Å². The number of fused-ring (bicyclic) bond motifs is 1. The summed E-state index contributed by atoms with van der Waals surface area (Å²) >= 11 is 0. The predicted molar refractivity (Wildman–Crippen MR) is 95.4 cm³/mol. The quantitative estimate of drug-likeness (QED) is 0.610. The van der Waals surface area contributed by atoms with Crippen molar-refractivity contribution in [3.05, 3.63) is 66.6 Å². The molecule has 26 heavy (non-hydrogen) atoms. The lowest BCUT2D eigenvalue weighted by Crippen LogP contribution is -2.12. The summed E-state index contributed by atoms with van der Waals surface area (Å²) < 4.78 is 6.85. The zero-order valence-corrected chi connectivity index (χ0v) is 13.8. The molecule has 0 fully saturated rings. The van der Waals surface area contributed by atoms with Gasteiger partial charge in [0, 0.05) is 17.1 Å². The first kappa shape index (κ1) is 15.7. The van der Waals surface area contributed by atoms with Gasteiger partial charge in [-0.05, 0) is 59.0 Å². The molecule has 2 heterocycles. The number of aromatic nitrogens is 5. The molecule has 8 nitrogen and oxygen atoms in total. The highest BCUT2D eigenvalue weighted by molar-refractivity contribution is 6.09. The molecule has 2 aromatic carbocycles. The second-order valence-electron chi connectivity index (χ2n) is 5.47. The Balaban J connectivity index is 1.61. The minimum Gasteiger partial charge on any atom is -0.494 e. The third-order valence-corrected chi connectivity index (χ3v) is 3.94. The van der Waals surface area contributed by atoms with Crippen LogP contribution >= 0.6 is 0 Å². The molecule has 4 aromatic rings. The van der Waals surface area contributed by atoms with Crippen LogP contribution in [0, 0.1) is 0 Å². The Bertz CT molecular complexity index is 1060. The molecule has 0 aliphatic carbocycles. The molecule has 0 spiro atoms. The van der Waals surface area contributed by atoms with Crippen LogP contribution in [0.4, 0.5) is 5.69 Å². The number of ether oxygens (including phenoxy) is 1. The van der Waals surface area contributed by atoms with E-state index in [2.05, 4.69) is 25.8 Å². The van der Waals surface area contributed by atoms with Crippen LogP contribution in [0.2, 0.25) is 0 Å². The van der Waals surface area contributed by atoms with Gasteiger partial charge < -0.3 is 10.1 Å². The van der Waals surface area contributed by atoms with Crippen molar-refractivity contribution in [2.45, 2.75) is 0 Å². The van der Waals surface area contributed by atoms with Crippen LogP contribution in [-0.4, -0.2) is 38.2 Å². The second-order valence-corrected chi connectivity index (χ2v) is 5.47. The highest BCUT2D eigenvalue weighted by Gasteiger charge is 2.12. The number of rotatable bonds is 4. The number of hydrogen-bond donors (Lipinski definition) is 1. The minimum atomic E-state index is -0.219. The number of anilines is 1. The van der Waals surface area contributed by atoms with Crippen LogP contribution < -0.4 is 10.1 Å². The summed E-state index contributed by atoms with van der Waals surface area (Å²) in [5, 5.41) is 14.7. The first-order valence-electron chi connectivity index (χ1n) is 7.83. The van der Waals surface area contributed by atoms with Gasteiger partial charge in [0.05, 0.1) is 18.5 Å². The van der Waals surface area contributed by atoms with Crippen molar-refractivity contribution in [1.82, 2.24) is 25.2 Å². The summed E-state index contributed by atoms with van der Waals surface area (Å²) in [6, 6.07) is 14.3. The molecule has 0 aliphatic rings. The van der Waals surface area contributed by atoms with Gasteiger partial charge in [0.25, 0.3) is 5.91 Å². The average molecular weight is 346 g/mol. The van der Waals surface area contributed by atoms with E-state index < -0.39 is 0 Å². The number of carbonyl (C=O) groups is 1. The van der Waals surface area contributed by atoms with E-state index in [1.807, 2.05) is 12.1 Å². The van der Waals surface area contributed by atoms with Crippen LogP contribution in [0.3, 0.4) is 0 Å². The van der Waals surface area contributed by atoms with E-state index in [4.69, 9.17) is 4.74 Å². The van der Waals surface area contributed by atoms with E-state index in [9.17, 15) is 4.79 Å². The Labute approximate surface area is 148 Å². The van der Waals surface area contributed by atoms with Crippen molar-refractivity contribution >= 4 is 22.5 Å². The molecule has 8 heteroatoms. The normalized spacial score (nSPS) is 10.7. The fourth-order valence-corrected chi connectivity index (χ4v) is 2.66. The molecule has 0 bridgehead atoms. The number of benzene rings is 2. The van der Waals surface area contributed by atoms with E-state index in [1.54, 1.807) is 49.7 Å². The van der Waals surface area contributed by atoms with Crippen LogP contribution in [0.15, 0.2) is 61.1 Å². The molecular formula is C18H14N6O2. The van der Waals surface area contributed by atoms with Crippen LogP contribution in [-0.2, 0) is 0 Å². The van der Waals surface area contributed by atoms with Crippen molar-refractivity contribution in [2.24, 2.45) is 0 Å². The van der Waals surface area contributed by atoms with E-state index in [0.29, 0.717) is 22.5 Å². The fourth-order valence-electron chi connectivity index (χ4n) is 2.66. The molecule has 0 unspecified atom stereocenters. The zero-order chi connectivity index (χ0) is 17.9. The summed E-state index contributed by atoms with van der Waals surface area (Å²) in [5.41, 5.74) is 2.66. The van der Waals surface area contributed by atoms with Gasteiger partial charge in [0.1, 0.15) is 17.6 Å². The zero-order valence-electron chi connectivity index (χ0n) is 13.8. The first-order chi connectivity index (χ1) is 12.8. The third kappa shape index (κ3) is 2.84. The number of amides is 1. The highest BCUT2D eigenvalue weighted by atomic mass is 16.5.